The summed E-state index contributed by atoms with van der Waals surface area (Å²) >= 11 is 0. The van der Waals surface area contributed by atoms with Crippen LogP contribution in [-0.2, 0) is 0 Å². The minimum absolute atomic E-state index is 0.0261. The number of imidazole rings is 1. The van der Waals surface area contributed by atoms with Crippen molar-refractivity contribution in [2.75, 3.05) is 13.1 Å². The lowest BCUT2D eigenvalue weighted by atomic mass is 9.95. The number of fused-ring (bicyclic) bond motifs is 1. The molecule has 5 heteroatoms. The number of hydrogen-bond donors (Lipinski definition) is 1. The quantitative estimate of drug-likeness (QED) is 0.502. The number of piperidine rings is 1. The molecule has 1 aliphatic heterocycles. The summed E-state index contributed by atoms with van der Waals surface area (Å²) in [6, 6.07) is 21.9. The minimum atomic E-state index is -0.260. The summed E-state index contributed by atoms with van der Waals surface area (Å²) in [5, 5.41) is 0. The Labute approximate surface area is 174 Å². The fourth-order valence-corrected chi connectivity index (χ4v) is 4.19. The molecule has 0 spiro atoms. The first-order valence-electron chi connectivity index (χ1n) is 10.3. The van der Waals surface area contributed by atoms with E-state index in [0.29, 0.717) is 30.1 Å². The predicted octanol–water partition coefficient (Wildman–Crippen LogP) is 5.39. The lowest BCUT2D eigenvalue weighted by Crippen LogP contribution is -2.38. The van der Waals surface area contributed by atoms with E-state index in [4.69, 9.17) is 4.98 Å². The van der Waals surface area contributed by atoms with Crippen molar-refractivity contribution in [1.29, 1.82) is 0 Å². The van der Waals surface area contributed by atoms with E-state index in [9.17, 15) is 9.18 Å². The summed E-state index contributed by atoms with van der Waals surface area (Å²) in [5.41, 5.74) is 4.00. The van der Waals surface area contributed by atoms with Gasteiger partial charge in [0.2, 0.25) is 0 Å². The van der Waals surface area contributed by atoms with Crippen LogP contribution >= 0.6 is 0 Å². The molecule has 3 aromatic carbocycles. The maximum atomic E-state index is 14.0. The number of benzene rings is 3. The molecule has 1 aliphatic rings. The van der Waals surface area contributed by atoms with Crippen LogP contribution in [0.4, 0.5) is 4.39 Å². The number of likely N-dealkylation sites (tertiary alicyclic amines) is 1. The molecule has 0 bridgehead atoms. The van der Waals surface area contributed by atoms with Crippen LogP contribution < -0.4 is 0 Å². The second-order valence-electron chi connectivity index (χ2n) is 7.76. The van der Waals surface area contributed by atoms with E-state index in [2.05, 4.69) is 4.98 Å². The number of aromatic amines is 1. The van der Waals surface area contributed by atoms with Crippen LogP contribution in [0.15, 0.2) is 72.8 Å². The van der Waals surface area contributed by atoms with Crippen LogP contribution in [0, 0.1) is 5.82 Å². The summed E-state index contributed by atoms with van der Waals surface area (Å²) in [4.78, 5) is 23.0. The van der Waals surface area contributed by atoms with Gasteiger partial charge in [0.15, 0.2) is 0 Å². The van der Waals surface area contributed by atoms with Gasteiger partial charge >= 0.3 is 0 Å². The molecule has 0 unspecified atom stereocenters. The minimum Gasteiger partial charge on any atom is -0.342 e. The van der Waals surface area contributed by atoms with Crippen LogP contribution in [-0.4, -0.2) is 33.9 Å². The normalized spacial score (nSPS) is 14.9. The lowest BCUT2D eigenvalue weighted by molar-refractivity contribution is 0.0711. The van der Waals surface area contributed by atoms with Gasteiger partial charge in [0, 0.05) is 30.1 Å². The topological polar surface area (TPSA) is 49.0 Å². The Bertz CT molecular complexity index is 1160. The van der Waals surface area contributed by atoms with Crippen LogP contribution in [0.5, 0.6) is 0 Å². The van der Waals surface area contributed by atoms with Crippen molar-refractivity contribution in [2.24, 2.45) is 0 Å². The number of rotatable bonds is 3. The van der Waals surface area contributed by atoms with Gasteiger partial charge in [-0.3, -0.25) is 4.79 Å². The highest BCUT2D eigenvalue weighted by Crippen LogP contribution is 2.29. The molecule has 1 saturated heterocycles. The van der Waals surface area contributed by atoms with E-state index in [-0.39, 0.29) is 11.7 Å². The van der Waals surface area contributed by atoms with Gasteiger partial charge in [0.05, 0.1) is 11.0 Å². The number of para-hydroxylation sites is 2. The highest BCUT2D eigenvalue weighted by Gasteiger charge is 2.26. The number of carbonyl (C=O) groups excluding carboxylic acids is 1. The third kappa shape index (κ3) is 3.47. The van der Waals surface area contributed by atoms with Crippen molar-refractivity contribution in [2.45, 2.75) is 18.8 Å². The van der Waals surface area contributed by atoms with Crippen LogP contribution in [0.3, 0.4) is 0 Å². The summed E-state index contributed by atoms with van der Waals surface area (Å²) in [5.74, 6) is 1.12. The van der Waals surface area contributed by atoms with Gasteiger partial charge in [-0.25, -0.2) is 9.37 Å². The monoisotopic (exact) mass is 399 g/mol. The predicted molar refractivity (Wildman–Crippen MR) is 116 cm³/mol. The third-order valence-corrected chi connectivity index (χ3v) is 5.89. The second kappa shape index (κ2) is 7.75. The Morgan fingerprint density at radius 1 is 0.933 bits per heavy atom. The summed E-state index contributed by atoms with van der Waals surface area (Å²) < 4.78 is 14.0. The van der Waals surface area contributed by atoms with Gasteiger partial charge < -0.3 is 9.88 Å². The molecule has 1 aromatic heterocycles. The van der Waals surface area contributed by atoms with Crippen LogP contribution in [0.25, 0.3) is 22.2 Å². The van der Waals surface area contributed by atoms with E-state index < -0.39 is 0 Å². The fourth-order valence-electron chi connectivity index (χ4n) is 4.19. The number of halogens is 1. The molecule has 0 atom stereocenters. The molecular formula is C25H22FN3O. The van der Waals surface area contributed by atoms with Crippen molar-refractivity contribution >= 4 is 16.9 Å². The molecule has 1 N–H and O–H groups in total. The standard InChI is InChI=1S/C25H22FN3O/c26-21-6-2-1-5-20(21)17-9-11-19(12-10-17)25(30)29-15-13-18(14-16-29)24-27-22-7-3-4-8-23(22)28-24/h1-12,18H,13-16H2,(H,27,28). The molecule has 0 saturated carbocycles. The molecule has 150 valence electrons. The van der Waals surface area contributed by atoms with Gasteiger partial charge in [-0.1, -0.05) is 42.5 Å². The fraction of sp³-hybridized carbons (Fsp3) is 0.200. The van der Waals surface area contributed by atoms with Gasteiger partial charge in [0.1, 0.15) is 11.6 Å². The average Bonchev–Trinajstić information content (AvgIpc) is 3.24. The SMILES string of the molecule is O=C(c1ccc(-c2ccccc2F)cc1)N1CCC(c2nc3ccccc3[nH]2)CC1. The molecule has 4 nitrogen and oxygen atoms in total. The number of carbonyl (C=O) groups is 1. The highest BCUT2D eigenvalue weighted by atomic mass is 19.1. The maximum Gasteiger partial charge on any atom is 0.253 e. The molecule has 1 fully saturated rings. The second-order valence-corrected chi connectivity index (χ2v) is 7.76. The Morgan fingerprint density at radius 2 is 1.63 bits per heavy atom. The number of aromatic nitrogens is 2. The van der Waals surface area contributed by atoms with Crippen LogP contribution in [0.1, 0.15) is 34.9 Å². The molecule has 5 rings (SSSR count). The Hall–Kier alpha value is -3.47. The zero-order valence-corrected chi connectivity index (χ0v) is 16.5. The van der Waals surface area contributed by atoms with E-state index in [0.717, 1.165) is 35.3 Å². The highest BCUT2D eigenvalue weighted by molar-refractivity contribution is 5.94. The number of amides is 1. The third-order valence-electron chi connectivity index (χ3n) is 5.89. The largest absolute Gasteiger partial charge is 0.342 e. The summed E-state index contributed by atoms with van der Waals surface area (Å²) in [6.07, 6.45) is 1.78. The smallest absolute Gasteiger partial charge is 0.253 e. The summed E-state index contributed by atoms with van der Waals surface area (Å²) in [7, 11) is 0. The molecule has 4 aromatic rings. The first-order chi connectivity index (χ1) is 14.7. The molecule has 0 aliphatic carbocycles. The van der Waals surface area contributed by atoms with Crippen molar-refractivity contribution in [3.05, 3.63) is 90.0 Å². The van der Waals surface area contributed by atoms with E-state index in [1.807, 2.05) is 47.4 Å². The average molecular weight is 399 g/mol. The Balaban J connectivity index is 1.26. The number of nitrogens with zero attached hydrogens (tertiary/aromatic N) is 2. The Morgan fingerprint density at radius 3 is 2.37 bits per heavy atom. The van der Waals surface area contributed by atoms with Crippen molar-refractivity contribution < 1.29 is 9.18 Å². The maximum absolute atomic E-state index is 14.0. The molecular weight excluding hydrogens is 377 g/mol. The molecule has 2 heterocycles. The summed E-state index contributed by atoms with van der Waals surface area (Å²) in [6.45, 7) is 1.41. The van der Waals surface area contributed by atoms with E-state index in [1.54, 1.807) is 24.3 Å². The number of hydrogen-bond acceptors (Lipinski definition) is 2. The lowest BCUT2D eigenvalue weighted by Gasteiger charge is -2.31. The zero-order chi connectivity index (χ0) is 20.5. The number of nitrogens with one attached hydrogen (secondary N) is 1. The van der Waals surface area contributed by atoms with E-state index >= 15 is 0 Å². The van der Waals surface area contributed by atoms with Crippen LogP contribution in [0.2, 0.25) is 0 Å². The van der Waals surface area contributed by atoms with Gasteiger partial charge in [-0.2, -0.15) is 0 Å². The molecule has 30 heavy (non-hydrogen) atoms. The van der Waals surface area contributed by atoms with Gasteiger partial charge in [-0.05, 0) is 48.7 Å². The van der Waals surface area contributed by atoms with Crippen molar-refractivity contribution in [1.82, 2.24) is 14.9 Å². The first-order valence-corrected chi connectivity index (χ1v) is 10.3. The first kappa shape index (κ1) is 18.6. The Kier molecular flexibility index (Phi) is 4.79. The zero-order valence-electron chi connectivity index (χ0n) is 16.5. The molecule has 1 amide bonds. The van der Waals surface area contributed by atoms with Crippen molar-refractivity contribution in [3.8, 4) is 11.1 Å². The van der Waals surface area contributed by atoms with E-state index in [1.165, 1.54) is 6.07 Å². The van der Waals surface area contributed by atoms with Crippen molar-refractivity contribution in [3.63, 3.8) is 0 Å². The van der Waals surface area contributed by atoms with Gasteiger partial charge in [0.25, 0.3) is 5.91 Å². The van der Waals surface area contributed by atoms with Gasteiger partial charge in [-0.15, -0.1) is 0 Å². The number of H-pyrrole nitrogens is 1. The molecule has 0 radical (unpaired) electrons.